The predicted molar refractivity (Wildman–Crippen MR) is 93.4 cm³/mol. The average Bonchev–Trinajstić information content (AvgIpc) is 2.47. The lowest BCUT2D eigenvalue weighted by Gasteiger charge is -2.38. The maximum absolute atomic E-state index is 4.37. The van der Waals surface area contributed by atoms with E-state index in [4.69, 9.17) is 0 Å². The van der Waals surface area contributed by atoms with Gasteiger partial charge in [-0.1, -0.05) is 52.8 Å². The van der Waals surface area contributed by atoms with Crippen molar-refractivity contribution in [1.29, 1.82) is 0 Å². The first-order valence-electron chi connectivity index (χ1n) is 8.56. The van der Waals surface area contributed by atoms with Crippen molar-refractivity contribution in [1.82, 2.24) is 0 Å². The summed E-state index contributed by atoms with van der Waals surface area (Å²) in [5.41, 5.74) is 3.78. The Morgan fingerprint density at radius 2 is 1.90 bits per heavy atom. The Hall–Kier alpha value is -1.24. The van der Waals surface area contributed by atoms with Crippen LogP contribution in [-0.2, 0) is 6.42 Å². The highest BCUT2D eigenvalue weighted by molar-refractivity contribution is 5.49. The minimum atomic E-state index is 0.611. The molecule has 0 bridgehead atoms. The van der Waals surface area contributed by atoms with Gasteiger partial charge in [0.2, 0.25) is 0 Å². The monoisotopic (exact) mass is 285 g/mol. The van der Waals surface area contributed by atoms with Crippen LogP contribution in [0.15, 0.2) is 36.5 Å². The van der Waals surface area contributed by atoms with E-state index in [1.54, 1.807) is 0 Å². The molecule has 0 saturated heterocycles. The molecule has 1 aromatic rings. The Morgan fingerprint density at radius 1 is 1.24 bits per heavy atom. The smallest absolute Gasteiger partial charge is 0.0381 e. The summed E-state index contributed by atoms with van der Waals surface area (Å²) in [5, 5.41) is 3.57. The van der Waals surface area contributed by atoms with Crippen LogP contribution in [0.1, 0.15) is 52.5 Å². The minimum absolute atomic E-state index is 0.611. The van der Waals surface area contributed by atoms with Crippen molar-refractivity contribution in [3.63, 3.8) is 0 Å². The van der Waals surface area contributed by atoms with E-state index in [-0.39, 0.29) is 0 Å². The quantitative estimate of drug-likeness (QED) is 0.712. The molecule has 1 nitrogen and oxygen atoms in total. The summed E-state index contributed by atoms with van der Waals surface area (Å²) in [4.78, 5) is 0. The molecular formula is C20H31N. The standard InChI is InChI=1S/C20H31N/c1-6-17-8-10-18(11-9-17)21-16(5)20-13-15(4)7-12-19(20)14(2)3/h8-11,14-15,19-21H,5-7,12-13H2,1-4H3/t15?,19-,20?/m0/s1. The van der Waals surface area contributed by atoms with Crippen molar-refractivity contribution in [2.45, 2.75) is 53.4 Å². The van der Waals surface area contributed by atoms with Gasteiger partial charge in [-0.05, 0) is 54.7 Å². The van der Waals surface area contributed by atoms with Gasteiger partial charge >= 0.3 is 0 Å². The third-order valence-corrected chi connectivity index (χ3v) is 5.14. The van der Waals surface area contributed by atoms with E-state index >= 15 is 0 Å². The lowest BCUT2D eigenvalue weighted by atomic mass is 9.69. The number of rotatable bonds is 5. The van der Waals surface area contributed by atoms with E-state index in [0.29, 0.717) is 5.92 Å². The number of hydrogen-bond acceptors (Lipinski definition) is 1. The fourth-order valence-electron chi connectivity index (χ4n) is 3.70. The van der Waals surface area contributed by atoms with Crippen LogP contribution in [0.2, 0.25) is 0 Å². The van der Waals surface area contributed by atoms with Gasteiger partial charge in [-0.2, -0.15) is 0 Å². The topological polar surface area (TPSA) is 12.0 Å². The molecule has 3 atom stereocenters. The van der Waals surface area contributed by atoms with Gasteiger partial charge in [0.1, 0.15) is 0 Å². The first kappa shape index (κ1) is 16.1. The molecule has 0 radical (unpaired) electrons. The molecule has 0 heterocycles. The molecule has 116 valence electrons. The van der Waals surface area contributed by atoms with Crippen LogP contribution < -0.4 is 5.32 Å². The molecular weight excluding hydrogens is 254 g/mol. The molecule has 0 amide bonds. The van der Waals surface area contributed by atoms with E-state index in [1.807, 2.05) is 0 Å². The van der Waals surface area contributed by atoms with Crippen LogP contribution in [0.25, 0.3) is 0 Å². The van der Waals surface area contributed by atoms with Gasteiger partial charge in [0.15, 0.2) is 0 Å². The highest BCUT2D eigenvalue weighted by Crippen LogP contribution is 2.41. The van der Waals surface area contributed by atoms with Gasteiger partial charge in [0.25, 0.3) is 0 Å². The van der Waals surface area contributed by atoms with Crippen LogP contribution in [0, 0.1) is 23.7 Å². The molecule has 21 heavy (non-hydrogen) atoms. The van der Waals surface area contributed by atoms with E-state index in [9.17, 15) is 0 Å². The largest absolute Gasteiger partial charge is 0.359 e. The van der Waals surface area contributed by atoms with Crippen LogP contribution in [0.3, 0.4) is 0 Å². The van der Waals surface area contributed by atoms with Crippen molar-refractivity contribution >= 4 is 5.69 Å². The van der Waals surface area contributed by atoms with Crippen molar-refractivity contribution in [2.24, 2.45) is 23.7 Å². The number of nitrogens with one attached hydrogen (secondary N) is 1. The maximum Gasteiger partial charge on any atom is 0.0381 e. The lowest BCUT2D eigenvalue weighted by molar-refractivity contribution is 0.171. The second-order valence-corrected chi connectivity index (χ2v) is 7.13. The molecule has 0 aromatic heterocycles. The first-order valence-corrected chi connectivity index (χ1v) is 8.56. The zero-order chi connectivity index (χ0) is 15.4. The van der Waals surface area contributed by atoms with Gasteiger partial charge < -0.3 is 5.32 Å². The summed E-state index contributed by atoms with van der Waals surface area (Å²) in [6.45, 7) is 13.7. The van der Waals surface area contributed by atoms with Crippen molar-refractivity contribution in [3.05, 3.63) is 42.1 Å². The highest BCUT2D eigenvalue weighted by atomic mass is 14.9. The van der Waals surface area contributed by atoms with Crippen LogP contribution in [0.4, 0.5) is 5.69 Å². The van der Waals surface area contributed by atoms with Gasteiger partial charge in [0, 0.05) is 17.3 Å². The number of anilines is 1. The molecule has 1 aliphatic carbocycles. The second kappa shape index (κ2) is 7.15. The summed E-state index contributed by atoms with van der Waals surface area (Å²) in [7, 11) is 0. The molecule has 1 N–H and O–H groups in total. The molecule has 1 fully saturated rings. The summed E-state index contributed by atoms with van der Waals surface area (Å²) >= 11 is 0. The Bertz CT molecular complexity index is 457. The maximum atomic E-state index is 4.37. The third kappa shape index (κ3) is 4.12. The first-order chi connectivity index (χ1) is 10.0. The van der Waals surface area contributed by atoms with E-state index in [0.717, 1.165) is 24.2 Å². The second-order valence-electron chi connectivity index (χ2n) is 7.13. The van der Waals surface area contributed by atoms with E-state index < -0.39 is 0 Å². The molecule has 0 aliphatic heterocycles. The molecule has 1 aliphatic rings. The fourth-order valence-corrected chi connectivity index (χ4v) is 3.70. The fraction of sp³-hybridized carbons (Fsp3) is 0.600. The van der Waals surface area contributed by atoms with Crippen LogP contribution in [-0.4, -0.2) is 0 Å². The van der Waals surface area contributed by atoms with E-state index in [1.165, 1.54) is 36.2 Å². The summed E-state index contributed by atoms with van der Waals surface area (Å²) < 4.78 is 0. The average molecular weight is 285 g/mol. The van der Waals surface area contributed by atoms with Crippen molar-refractivity contribution in [2.75, 3.05) is 5.32 Å². The van der Waals surface area contributed by atoms with Gasteiger partial charge in [-0.25, -0.2) is 0 Å². The Kier molecular flexibility index (Phi) is 5.50. The van der Waals surface area contributed by atoms with Gasteiger partial charge in [-0.15, -0.1) is 0 Å². The van der Waals surface area contributed by atoms with Crippen molar-refractivity contribution in [3.8, 4) is 0 Å². The summed E-state index contributed by atoms with van der Waals surface area (Å²) in [5.74, 6) is 2.95. The van der Waals surface area contributed by atoms with Gasteiger partial charge in [-0.3, -0.25) is 0 Å². The normalized spacial score (nSPS) is 25.9. The number of aryl methyl sites for hydroxylation is 1. The van der Waals surface area contributed by atoms with Crippen LogP contribution >= 0.6 is 0 Å². The molecule has 2 rings (SSSR count). The lowest BCUT2D eigenvalue weighted by Crippen LogP contribution is -2.30. The third-order valence-electron chi connectivity index (χ3n) is 5.14. The number of allylic oxidation sites excluding steroid dienone is 1. The number of benzene rings is 1. The van der Waals surface area contributed by atoms with Crippen LogP contribution in [0.5, 0.6) is 0 Å². The van der Waals surface area contributed by atoms with Gasteiger partial charge in [0.05, 0.1) is 0 Å². The molecule has 0 spiro atoms. The minimum Gasteiger partial charge on any atom is -0.359 e. The zero-order valence-corrected chi connectivity index (χ0v) is 14.2. The molecule has 2 unspecified atom stereocenters. The Morgan fingerprint density at radius 3 is 2.48 bits per heavy atom. The summed E-state index contributed by atoms with van der Waals surface area (Å²) in [6, 6.07) is 8.78. The molecule has 1 saturated carbocycles. The highest BCUT2D eigenvalue weighted by Gasteiger charge is 2.32. The Labute approximate surface area is 130 Å². The van der Waals surface area contributed by atoms with E-state index in [2.05, 4.69) is 63.9 Å². The Balaban J connectivity index is 2.05. The molecule has 1 heteroatoms. The summed E-state index contributed by atoms with van der Waals surface area (Å²) in [6.07, 6.45) is 5.09. The van der Waals surface area contributed by atoms with Crippen molar-refractivity contribution < 1.29 is 0 Å². The SMILES string of the molecule is C=C(Nc1ccc(CC)cc1)C1CC(C)CC[C@H]1C(C)C. The molecule has 1 aromatic carbocycles. The predicted octanol–water partition coefficient (Wildman–Crippen LogP) is 5.88. The number of hydrogen-bond donors (Lipinski definition) is 1. The zero-order valence-electron chi connectivity index (χ0n) is 14.2.